The number of hydrogen-bond acceptors (Lipinski definition) is 4. The van der Waals surface area contributed by atoms with Crippen molar-refractivity contribution in [2.75, 3.05) is 12.4 Å². The highest BCUT2D eigenvalue weighted by Gasteiger charge is 2.15. The van der Waals surface area contributed by atoms with Gasteiger partial charge >= 0.3 is 0 Å². The Kier molecular flexibility index (Phi) is 5.86. The van der Waals surface area contributed by atoms with Gasteiger partial charge in [-0.1, -0.05) is 12.1 Å². The van der Waals surface area contributed by atoms with Crippen molar-refractivity contribution in [2.24, 2.45) is 4.99 Å². The molecule has 1 aliphatic heterocycles. The number of aryl methyl sites for hydroxylation is 1. The van der Waals surface area contributed by atoms with Crippen LogP contribution in [-0.2, 0) is 4.79 Å². The summed E-state index contributed by atoms with van der Waals surface area (Å²) in [6.45, 7) is 1.97. The van der Waals surface area contributed by atoms with E-state index in [-0.39, 0.29) is 17.8 Å². The van der Waals surface area contributed by atoms with Gasteiger partial charge in [0.05, 0.1) is 19.5 Å². The van der Waals surface area contributed by atoms with E-state index in [2.05, 4.69) is 15.6 Å². The second-order valence-electron chi connectivity index (χ2n) is 6.37. The number of benzene rings is 2. The molecule has 1 unspecified atom stereocenters. The molecule has 140 valence electrons. The fourth-order valence-corrected chi connectivity index (χ4v) is 2.97. The highest BCUT2D eigenvalue weighted by Crippen LogP contribution is 2.28. The van der Waals surface area contributed by atoms with Gasteiger partial charge in [0, 0.05) is 17.5 Å². The first-order chi connectivity index (χ1) is 13.0. The Hall–Kier alpha value is -3.15. The van der Waals surface area contributed by atoms with Crippen LogP contribution in [0.1, 0.15) is 30.0 Å². The van der Waals surface area contributed by atoms with Crippen LogP contribution in [0.3, 0.4) is 0 Å². The number of methoxy groups -OCH3 is 1. The second kappa shape index (κ2) is 8.49. The van der Waals surface area contributed by atoms with E-state index in [9.17, 15) is 9.18 Å². The molecule has 5 nitrogen and oxygen atoms in total. The van der Waals surface area contributed by atoms with E-state index in [1.807, 2.05) is 31.2 Å². The number of anilines is 1. The van der Waals surface area contributed by atoms with Crippen LogP contribution < -0.4 is 15.4 Å². The molecule has 0 saturated carbocycles. The summed E-state index contributed by atoms with van der Waals surface area (Å²) >= 11 is 0. The normalized spacial score (nSPS) is 19.1. The van der Waals surface area contributed by atoms with Crippen molar-refractivity contribution in [3.63, 3.8) is 0 Å². The van der Waals surface area contributed by atoms with E-state index >= 15 is 0 Å². The lowest BCUT2D eigenvalue weighted by Crippen LogP contribution is -2.20. The van der Waals surface area contributed by atoms with Crippen molar-refractivity contribution in [3.05, 3.63) is 71.2 Å². The van der Waals surface area contributed by atoms with Crippen LogP contribution in [0, 0.1) is 12.7 Å². The lowest BCUT2D eigenvalue weighted by molar-refractivity contribution is -0.115. The average Bonchev–Trinajstić information content (AvgIpc) is 2.74. The maximum atomic E-state index is 13.6. The summed E-state index contributed by atoms with van der Waals surface area (Å²) in [6.07, 6.45) is 4.15. The SMILES string of the molecule is COc1ccc(N/C2=C\C(=O)NC=NC(c3cccc(F)c3)CC2)c(C)c1. The first-order valence-corrected chi connectivity index (χ1v) is 8.75. The highest BCUT2D eigenvalue weighted by atomic mass is 19.1. The third-order valence-electron chi connectivity index (χ3n) is 4.42. The Balaban J connectivity index is 1.80. The lowest BCUT2D eigenvalue weighted by Gasteiger charge is -2.16. The molecule has 2 aromatic rings. The van der Waals surface area contributed by atoms with E-state index in [0.29, 0.717) is 12.8 Å². The molecule has 0 spiro atoms. The molecule has 0 radical (unpaired) electrons. The number of amides is 1. The van der Waals surface area contributed by atoms with Gasteiger partial charge in [0.1, 0.15) is 11.6 Å². The first-order valence-electron chi connectivity index (χ1n) is 8.75. The van der Waals surface area contributed by atoms with Crippen LogP contribution in [-0.4, -0.2) is 19.4 Å². The number of allylic oxidation sites excluding steroid dienone is 1. The standard InChI is InChI=1S/C21H22FN3O2/c1-14-10-18(27-2)7-9-19(14)25-17-6-8-20(23-13-24-21(26)12-17)15-4-3-5-16(22)11-15/h3-5,7,9-13,20,25H,6,8H2,1-2H3,(H,23,24,26)/b17-12-. The molecule has 0 aromatic heterocycles. The van der Waals surface area contributed by atoms with Gasteiger partial charge in [0.15, 0.2) is 0 Å². The monoisotopic (exact) mass is 367 g/mol. The Morgan fingerprint density at radius 3 is 2.85 bits per heavy atom. The number of aliphatic imine (C=N–C) groups is 1. The Morgan fingerprint density at radius 1 is 1.26 bits per heavy atom. The minimum atomic E-state index is -0.297. The maximum Gasteiger partial charge on any atom is 0.250 e. The summed E-state index contributed by atoms with van der Waals surface area (Å²) in [5.74, 6) is 0.223. The Labute approximate surface area is 158 Å². The fraction of sp³-hybridized carbons (Fsp3) is 0.238. The molecule has 2 aromatic carbocycles. The summed E-state index contributed by atoms with van der Waals surface area (Å²) < 4.78 is 18.8. The van der Waals surface area contributed by atoms with Gasteiger partial charge in [-0.25, -0.2) is 4.39 Å². The number of nitrogens with zero attached hydrogens (tertiary/aromatic N) is 1. The molecule has 0 saturated heterocycles. The van der Waals surface area contributed by atoms with E-state index in [0.717, 1.165) is 28.3 Å². The van der Waals surface area contributed by atoms with Crippen LogP contribution in [0.15, 0.2) is 59.2 Å². The number of nitrogens with one attached hydrogen (secondary N) is 2. The van der Waals surface area contributed by atoms with Crippen LogP contribution in [0.2, 0.25) is 0 Å². The van der Waals surface area contributed by atoms with E-state index in [4.69, 9.17) is 4.74 Å². The molecule has 0 aliphatic carbocycles. The molecule has 27 heavy (non-hydrogen) atoms. The van der Waals surface area contributed by atoms with Crippen molar-refractivity contribution < 1.29 is 13.9 Å². The molecule has 0 fully saturated rings. The fourth-order valence-electron chi connectivity index (χ4n) is 2.97. The Bertz CT molecular complexity index is 893. The maximum absolute atomic E-state index is 13.6. The van der Waals surface area contributed by atoms with Gasteiger partial charge in [0.25, 0.3) is 5.91 Å². The zero-order valence-corrected chi connectivity index (χ0v) is 15.3. The van der Waals surface area contributed by atoms with Gasteiger partial charge in [-0.05, 0) is 61.2 Å². The summed E-state index contributed by atoms with van der Waals surface area (Å²) in [6, 6.07) is 11.9. The van der Waals surface area contributed by atoms with Crippen molar-refractivity contribution in [2.45, 2.75) is 25.8 Å². The number of rotatable bonds is 4. The summed E-state index contributed by atoms with van der Waals surface area (Å²) in [7, 11) is 1.62. The average molecular weight is 367 g/mol. The molecule has 1 heterocycles. The molecular formula is C21H22FN3O2. The van der Waals surface area contributed by atoms with Gasteiger partial charge in [-0.15, -0.1) is 0 Å². The van der Waals surface area contributed by atoms with Gasteiger partial charge in [-0.3, -0.25) is 9.79 Å². The highest BCUT2D eigenvalue weighted by molar-refractivity contribution is 5.96. The van der Waals surface area contributed by atoms with Crippen molar-refractivity contribution >= 4 is 17.9 Å². The number of ether oxygens (including phenoxy) is 1. The molecule has 2 N–H and O–H groups in total. The molecular weight excluding hydrogens is 345 g/mol. The zero-order valence-electron chi connectivity index (χ0n) is 15.3. The van der Waals surface area contributed by atoms with Crippen LogP contribution in [0.5, 0.6) is 5.75 Å². The molecule has 3 rings (SSSR count). The van der Waals surface area contributed by atoms with Crippen molar-refractivity contribution in [1.29, 1.82) is 0 Å². The predicted molar refractivity (Wildman–Crippen MR) is 104 cm³/mol. The molecule has 1 atom stereocenters. The molecule has 0 bridgehead atoms. The number of halogens is 1. The molecule has 1 aliphatic rings. The molecule has 1 amide bonds. The number of hydrogen-bond donors (Lipinski definition) is 2. The summed E-state index contributed by atoms with van der Waals surface area (Å²) in [5, 5.41) is 5.95. The first kappa shape index (κ1) is 18.6. The van der Waals surface area contributed by atoms with Crippen molar-refractivity contribution in [1.82, 2.24) is 5.32 Å². The zero-order chi connectivity index (χ0) is 19.2. The van der Waals surface area contributed by atoms with Crippen molar-refractivity contribution in [3.8, 4) is 5.75 Å². The van der Waals surface area contributed by atoms with E-state index < -0.39 is 0 Å². The summed E-state index contributed by atoms with van der Waals surface area (Å²) in [5.41, 5.74) is 3.46. The topological polar surface area (TPSA) is 62.7 Å². The molecule has 6 heteroatoms. The largest absolute Gasteiger partial charge is 0.497 e. The lowest BCUT2D eigenvalue weighted by atomic mass is 10.0. The smallest absolute Gasteiger partial charge is 0.250 e. The minimum Gasteiger partial charge on any atom is -0.497 e. The predicted octanol–water partition coefficient (Wildman–Crippen LogP) is 4.12. The van der Waals surface area contributed by atoms with E-state index in [1.54, 1.807) is 13.2 Å². The second-order valence-corrected chi connectivity index (χ2v) is 6.37. The van der Waals surface area contributed by atoms with Crippen LogP contribution >= 0.6 is 0 Å². The Morgan fingerprint density at radius 2 is 2.11 bits per heavy atom. The van der Waals surface area contributed by atoms with Gasteiger partial charge in [-0.2, -0.15) is 0 Å². The third-order valence-corrected chi connectivity index (χ3v) is 4.42. The van der Waals surface area contributed by atoms with Gasteiger partial charge < -0.3 is 15.4 Å². The van der Waals surface area contributed by atoms with Crippen LogP contribution in [0.25, 0.3) is 0 Å². The quantitative estimate of drug-likeness (QED) is 0.855. The van der Waals surface area contributed by atoms with Gasteiger partial charge in [0.2, 0.25) is 0 Å². The number of carbonyl (C=O) groups is 1. The van der Waals surface area contributed by atoms with E-state index in [1.165, 1.54) is 24.5 Å². The number of carbonyl (C=O) groups excluding carboxylic acids is 1. The summed E-state index contributed by atoms with van der Waals surface area (Å²) in [4.78, 5) is 16.5. The third kappa shape index (κ3) is 4.94. The van der Waals surface area contributed by atoms with Crippen LogP contribution in [0.4, 0.5) is 10.1 Å². The minimum absolute atomic E-state index is 0.235.